The van der Waals surface area contributed by atoms with Gasteiger partial charge in [0.15, 0.2) is 0 Å². The molecule has 0 aromatic rings. The molecule has 1 unspecified atom stereocenters. The first-order valence-corrected chi connectivity index (χ1v) is 10.8. The van der Waals surface area contributed by atoms with E-state index in [4.69, 9.17) is 0 Å². The lowest BCUT2D eigenvalue weighted by atomic mass is 10.00. The topological polar surface area (TPSA) is 15.3 Å². The van der Waals surface area contributed by atoms with Gasteiger partial charge in [0.25, 0.3) is 0 Å². The lowest BCUT2D eigenvalue weighted by Crippen LogP contribution is -2.37. The number of allylic oxidation sites excluding steroid dienone is 10. The highest BCUT2D eigenvalue weighted by atomic mass is 15.2. The van der Waals surface area contributed by atoms with E-state index in [0.29, 0.717) is 6.42 Å². The molecule has 1 N–H and O–H groups in total. The summed E-state index contributed by atoms with van der Waals surface area (Å²) in [4.78, 5) is 2.11. The first-order valence-electron chi connectivity index (χ1n) is 10.8. The lowest BCUT2D eigenvalue weighted by molar-refractivity contribution is 0.370. The summed E-state index contributed by atoms with van der Waals surface area (Å²) in [7, 11) is 3.90. The van der Waals surface area contributed by atoms with Crippen molar-refractivity contribution in [3.63, 3.8) is 0 Å². The molecule has 0 amide bonds. The van der Waals surface area contributed by atoms with Gasteiger partial charge in [0.2, 0.25) is 0 Å². The van der Waals surface area contributed by atoms with E-state index in [1.165, 1.54) is 5.57 Å². The van der Waals surface area contributed by atoms with Crippen LogP contribution in [0.5, 0.6) is 0 Å². The number of hydrogen-bond acceptors (Lipinski definition) is 2. The van der Waals surface area contributed by atoms with Gasteiger partial charge < -0.3 is 10.2 Å². The smallest absolute Gasteiger partial charge is 0.0888 e. The minimum absolute atomic E-state index is 0.0186. The molecule has 0 radical (unpaired) electrons. The number of nitrogens with one attached hydrogen (secondary N) is 1. The zero-order valence-electron chi connectivity index (χ0n) is 20.2. The fraction of sp³-hybridized carbons (Fsp3) is 0.310. The van der Waals surface area contributed by atoms with E-state index in [2.05, 4.69) is 74.4 Å². The highest BCUT2D eigenvalue weighted by Crippen LogP contribution is 2.24. The first-order chi connectivity index (χ1) is 14.9. The molecule has 0 aromatic heterocycles. The first kappa shape index (κ1) is 27.8. The van der Waals surface area contributed by atoms with E-state index in [-0.39, 0.29) is 6.04 Å². The van der Waals surface area contributed by atoms with Crippen molar-refractivity contribution in [3.8, 4) is 11.8 Å². The largest absolute Gasteiger partial charge is 0.390 e. The molecule has 0 aliphatic heterocycles. The Balaban J connectivity index is 5.31. The Morgan fingerprint density at radius 2 is 1.81 bits per heavy atom. The summed E-state index contributed by atoms with van der Waals surface area (Å²) in [6.07, 6.45) is 20.5. The van der Waals surface area contributed by atoms with Crippen LogP contribution in [0.25, 0.3) is 0 Å². The molecule has 166 valence electrons. The Labute approximate surface area is 191 Å². The van der Waals surface area contributed by atoms with Crippen LogP contribution < -0.4 is 5.32 Å². The molecule has 0 heterocycles. The van der Waals surface area contributed by atoms with E-state index < -0.39 is 0 Å². The standard InChI is InChI=1S/C29H40N2/c1-10-20-27(13-4)22-18-16-14-15-17-19-23-28(21-11-2)26(7)31(9)29(24(5)12-3)25(6)30-8/h10-11,17-23,29-30H,1,5-7,12-13,16H2,2-4,8-9H3/b19-17+,21-11-,22-18-,27-20-,28-23+. The van der Waals surface area contributed by atoms with Crippen LogP contribution in [0.2, 0.25) is 0 Å². The third-order valence-electron chi connectivity index (χ3n) is 4.83. The molecule has 0 rings (SSSR count). The summed E-state index contributed by atoms with van der Waals surface area (Å²) in [5, 5.41) is 3.16. The van der Waals surface area contributed by atoms with Crippen LogP contribution in [0, 0.1) is 11.8 Å². The van der Waals surface area contributed by atoms with Crippen LogP contribution in [-0.2, 0) is 0 Å². The molecular weight excluding hydrogens is 376 g/mol. The van der Waals surface area contributed by atoms with Gasteiger partial charge in [-0.3, -0.25) is 0 Å². The van der Waals surface area contributed by atoms with E-state index >= 15 is 0 Å². The van der Waals surface area contributed by atoms with Crippen molar-refractivity contribution >= 4 is 0 Å². The molecule has 0 bridgehead atoms. The highest BCUT2D eigenvalue weighted by molar-refractivity contribution is 5.42. The van der Waals surface area contributed by atoms with E-state index in [0.717, 1.165) is 35.4 Å². The number of rotatable bonds is 13. The maximum Gasteiger partial charge on any atom is 0.0888 e. The summed E-state index contributed by atoms with van der Waals surface area (Å²) in [6.45, 7) is 22.6. The molecule has 0 fully saturated rings. The van der Waals surface area contributed by atoms with Gasteiger partial charge in [-0.25, -0.2) is 0 Å². The fourth-order valence-electron chi connectivity index (χ4n) is 2.90. The van der Waals surface area contributed by atoms with Crippen molar-refractivity contribution < 1.29 is 0 Å². The third kappa shape index (κ3) is 10.4. The average Bonchev–Trinajstić information content (AvgIpc) is 2.78. The van der Waals surface area contributed by atoms with Crippen molar-refractivity contribution in [2.75, 3.05) is 14.1 Å². The van der Waals surface area contributed by atoms with E-state index in [1.54, 1.807) is 0 Å². The second-order valence-corrected chi connectivity index (χ2v) is 6.99. The Kier molecular flexibility index (Phi) is 14.9. The summed E-state index contributed by atoms with van der Waals surface area (Å²) in [6, 6.07) is -0.0186. The minimum Gasteiger partial charge on any atom is -0.390 e. The van der Waals surface area contributed by atoms with Gasteiger partial charge in [-0.15, -0.1) is 0 Å². The van der Waals surface area contributed by atoms with Crippen LogP contribution in [0.4, 0.5) is 0 Å². The highest BCUT2D eigenvalue weighted by Gasteiger charge is 2.21. The number of hydrogen-bond donors (Lipinski definition) is 1. The van der Waals surface area contributed by atoms with Gasteiger partial charge in [-0.05, 0) is 42.6 Å². The van der Waals surface area contributed by atoms with Crippen molar-refractivity contribution in [2.24, 2.45) is 0 Å². The predicted octanol–water partition coefficient (Wildman–Crippen LogP) is 7.03. The quantitative estimate of drug-likeness (QED) is 0.197. The summed E-state index contributed by atoms with van der Waals surface area (Å²) < 4.78 is 0. The van der Waals surface area contributed by atoms with Crippen LogP contribution in [0.3, 0.4) is 0 Å². The molecule has 2 nitrogen and oxygen atoms in total. The Morgan fingerprint density at radius 3 is 2.35 bits per heavy atom. The monoisotopic (exact) mass is 416 g/mol. The third-order valence-corrected chi connectivity index (χ3v) is 4.83. The molecule has 0 spiro atoms. The molecule has 0 aromatic carbocycles. The lowest BCUT2D eigenvalue weighted by Gasteiger charge is -2.34. The minimum atomic E-state index is -0.0186. The normalized spacial score (nSPS) is 13.2. The Morgan fingerprint density at radius 1 is 1.10 bits per heavy atom. The maximum absolute atomic E-state index is 4.31. The van der Waals surface area contributed by atoms with Gasteiger partial charge in [0.1, 0.15) is 0 Å². The molecule has 0 aliphatic carbocycles. The second kappa shape index (κ2) is 16.6. The van der Waals surface area contributed by atoms with Crippen LogP contribution >= 0.6 is 0 Å². The number of likely N-dealkylation sites (N-methyl/N-ethyl adjacent to an activating group) is 2. The summed E-state index contributed by atoms with van der Waals surface area (Å²) >= 11 is 0. The zero-order valence-corrected chi connectivity index (χ0v) is 20.2. The van der Waals surface area contributed by atoms with Gasteiger partial charge >= 0.3 is 0 Å². The van der Waals surface area contributed by atoms with Crippen LogP contribution in [-0.4, -0.2) is 25.0 Å². The zero-order chi connectivity index (χ0) is 23.6. The molecule has 1 atom stereocenters. The number of nitrogens with zero attached hydrogens (tertiary/aromatic N) is 1. The van der Waals surface area contributed by atoms with Crippen LogP contribution in [0.15, 0.2) is 109 Å². The molecule has 2 heteroatoms. The van der Waals surface area contributed by atoms with Crippen molar-refractivity contribution in [1.29, 1.82) is 0 Å². The predicted molar refractivity (Wildman–Crippen MR) is 140 cm³/mol. The molecular formula is C29H40N2. The molecule has 0 saturated heterocycles. The van der Waals surface area contributed by atoms with Gasteiger partial charge in [-0.2, -0.15) is 0 Å². The van der Waals surface area contributed by atoms with Crippen molar-refractivity contribution in [1.82, 2.24) is 10.2 Å². The molecule has 0 saturated carbocycles. The maximum atomic E-state index is 4.31. The summed E-state index contributed by atoms with van der Waals surface area (Å²) in [5.41, 5.74) is 5.16. The SMILES string of the molecule is C=C/C=C(\C=C/CC#C/C=C/C=C(\C=C/C)C(=C)N(C)C(C(=C)CC)C(=C)NC)CC. The van der Waals surface area contributed by atoms with Gasteiger partial charge in [0.05, 0.1) is 6.04 Å². The molecule has 0 aliphatic rings. The van der Waals surface area contributed by atoms with Gasteiger partial charge in [-0.1, -0.05) is 101 Å². The van der Waals surface area contributed by atoms with Crippen molar-refractivity contribution in [3.05, 3.63) is 109 Å². The van der Waals surface area contributed by atoms with E-state index in [9.17, 15) is 0 Å². The molecule has 31 heavy (non-hydrogen) atoms. The van der Waals surface area contributed by atoms with Crippen LogP contribution in [0.1, 0.15) is 40.0 Å². The average molecular weight is 417 g/mol. The van der Waals surface area contributed by atoms with E-state index in [1.807, 2.05) is 63.6 Å². The Bertz CT molecular complexity index is 816. The second-order valence-electron chi connectivity index (χ2n) is 6.99. The fourth-order valence-corrected chi connectivity index (χ4v) is 2.90. The van der Waals surface area contributed by atoms with Crippen molar-refractivity contribution in [2.45, 2.75) is 46.1 Å². The Hall–Kier alpha value is -3.18. The summed E-state index contributed by atoms with van der Waals surface area (Å²) in [5.74, 6) is 6.22. The van der Waals surface area contributed by atoms with Gasteiger partial charge in [0, 0.05) is 31.9 Å².